The molecule has 15 heavy (non-hydrogen) atoms. The third-order valence-electron chi connectivity index (χ3n) is 2.39. The fourth-order valence-corrected chi connectivity index (χ4v) is 1.91. The van der Waals surface area contributed by atoms with Crippen LogP contribution >= 0.6 is 0 Å². The van der Waals surface area contributed by atoms with Gasteiger partial charge in [-0.05, 0) is 12.8 Å². The highest BCUT2D eigenvalue weighted by atomic mass is 16.7. The molecule has 0 N–H and O–H groups in total. The van der Waals surface area contributed by atoms with Gasteiger partial charge in [-0.2, -0.15) is 0 Å². The summed E-state index contributed by atoms with van der Waals surface area (Å²) < 4.78 is 15.9. The van der Waals surface area contributed by atoms with Crippen molar-refractivity contribution in [1.29, 1.82) is 0 Å². The maximum absolute atomic E-state index is 11.0. The summed E-state index contributed by atoms with van der Waals surface area (Å²) in [6.45, 7) is 6.62. The maximum Gasteiger partial charge on any atom is 0.308 e. The van der Waals surface area contributed by atoms with E-state index in [0.29, 0.717) is 12.5 Å². The molecule has 1 saturated heterocycles. The van der Waals surface area contributed by atoms with Crippen LogP contribution in [0.15, 0.2) is 0 Å². The third-order valence-corrected chi connectivity index (χ3v) is 2.39. The molecular weight excluding hydrogens is 196 g/mol. The molecule has 0 spiro atoms. The Morgan fingerprint density at radius 1 is 1.60 bits per heavy atom. The first-order valence-corrected chi connectivity index (χ1v) is 5.34. The number of hydrogen-bond acceptors (Lipinski definition) is 4. The smallest absolute Gasteiger partial charge is 0.308 e. The minimum atomic E-state index is -0.535. The van der Waals surface area contributed by atoms with Crippen molar-refractivity contribution in [2.24, 2.45) is 5.92 Å². The third kappa shape index (κ3) is 3.80. The van der Waals surface area contributed by atoms with Crippen LogP contribution in [0.3, 0.4) is 0 Å². The molecule has 0 aromatic rings. The molecule has 4 nitrogen and oxygen atoms in total. The normalized spacial score (nSPS) is 30.9. The number of ether oxygens (including phenoxy) is 3. The number of hydrogen-bond donors (Lipinski definition) is 0. The molecule has 1 rings (SSSR count). The Hall–Kier alpha value is -0.610. The Balaban J connectivity index is 2.40. The molecule has 0 amide bonds. The highest BCUT2D eigenvalue weighted by Crippen LogP contribution is 2.30. The predicted octanol–water partition coefficient (Wildman–Crippen LogP) is 1.73. The van der Waals surface area contributed by atoms with Crippen LogP contribution in [0.2, 0.25) is 0 Å². The van der Waals surface area contributed by atoms with Gasteiger partial charge in [0.15, 0.2) is 5.79 Å². The number of carbonyl (C=O) groups is 1. The molecule has 1 aliphatic rings. The van der Waals surface area contributed by atoms with Crippen molar-refractivity contribution in [1.82, 2.24) is 0 Å². The number of rotatable bonds is 4. The van der Waals surface area contributed by atoms with Crippen LogP contribution in [0.4, 0.5) is 0 Å². The highest BCUT2D eigenvalue weighted by Gasteiger charge is 2.38. The maximum atomic E-state index is 11.0. The minimum Gasteiger partial charge on any atom is -0.469 e. The van der Waals surface area contributed by atoms with Crippen molar-refractivity contribution in [2.75, 3.05) is 13.7 Å². The average Bonchev–Trinajstić information content (AvgIpc) is 2.45. The second kappa shape index (κ2) is 4.94. The lowest BCUT2D eigenvalue weighted by atomic mass is 10.0. The monoisotopic (exact) mass is 216 g/mol. The molecule has 0 aliphatic carbocycles. The number of carbonyl (C=O) groups excluding carboxylic acids is 1. The Kier molecular flexibility index (Phi) is 4.11. The first-order chi connectivity index (χ1) is 6.95. The van der Waals surface area contributed by atoms with E-state index < -0.39 is 5.79 Å². The second-order valence-corrected chi connectivity index (χ2v) is 4.56. The quantitative estimate of drug-likeness (QED) is 0.671. The molecule has 0 radical (unpaired) electrons. The molecule has 4 heteroatoms. The van der Waals surface area contributed by atoms with E-state index in [1.807, 2.05) is 6.92 Å². The summed E-state index contributed by atoms with van der Waals surface area (Å²) >= 11 is 0. The zero-order valence-corrected chi connectivity index (χ0v) is 9.91. The summed E-state index contributed by atoms with van der Waals surface area (Å²) in [6, 6.07) is 0. The van der Waals surface area contributed by atoms with Gasteiger partial charge >= 0.3 is 5.97 Å². The van der Waals surface area contributed by atoms with Gasteiger partial charge < -0.3 is 14.2 Å². The summed E-state index contributed by atoms with van der Waals surface area (Å²) in [7, 11) is 1.38. The topological polar surface area (TPSA) is 44.8 Å². The van der Waals surface area contributed by atoms with Crippen molar-refractivity contribution < 1.29 is 19.0 Å². The van der Waals surface area contributed by atoms with Gasteiger partial charge in [-0.1, -0.05) is 13.8 Å². The fourth-order valence-electron chi connectivity index (χ4n) is 1.91. The lowest BCUT2D eigenvalue weighted by Crippen LogP contribution is -2.29. The van der Waals surface area contributed by atoms with E-state index in [0.717, 1.165) is 6.42 Å². The molecule has 1 aliphatic heterocycles. The van der Waals surface area contributed by atoms with Crippen LogP contribution in [0.25, 0.3) is 0 Å². The molecule has 1 heterocycles. The Morgan fingerprint density at radius 2 is 2.27 bits per heavy atom. The van der Waals surface area contributed by atoms with Crippen LogP contribution in [0, 0.1) is 5.92 Å². The van der Waals surface area contributed by atoms with Gasteiger partial charge in [-0.25, -0.2) is 0 Å². The standard InChI is InChI=1S/C11H20O4/c1-8(2)6-11(3)14-7-9(15-11)5-10(12)13-4/h8-9H,5-7H2,1-4H3. The van der Waals surface area contributed by atoms with Gasteiger partial charge in [0, 0.05) is 6.42 Å². The van der Waals surface area contributed by atoms with E-state index in [1.54, 1.807) is 0 Å². The summed E-state index contributed by atoms with van der Waals surface area (Å²) in [5.41, 5.74) is 0. The van der Waals surface area contributed by atoms with Gasteiger partial charge in [0.05, 0.1) is 26.2 Å². The zero-order valence-electron chi connectivity index (χ0n) is 9.91. The predicted molar refractivity (Wildman–Crippen MR) is 55.3 cm³/mol. The highest BCUT2D eigenvalue weighted by molar-refractivity contribution is 5.69. The van der Waals surface area contributed by atoms with E-state index in [-0.39, 0.29) is 18.5 Å². The van der Waals surface area contributed by atoms with E-state index in [4.69, 9.17) is 9.47 Å². The van der Waals surface area contributed by atoms with Crippen LogP contribution < -0.4 is 0 Å². The molecule has 88 valence electrons. The summed E-state index contributed by atoms with van der Waals surface area (Å²) in [4.78, 5) is 11.0. The summed E-state index contributed by atoms with van der Waals surface area (Å²) in [5, 5.41) is 0. The Morgan fingerprint density at radius 3 is 2.80 bits per heavy atom. The lowest BCUT2D eigenvalue weighted by molar-refractivity contribution is -0.168. The SMILES string of the molecule is COC(=O)CC1COC(C)(CC(C)C)O1. The Labute approximate surface area is 90.9 Å². The average molecular weight is 216 g/mol. The van der Waals surface area contributed by atoms with Crippen molar-refractivity contribution in [3.05, 3.63) is 0 Å². The van der Waals surface area contributed by atoms with Gasteiger partial charge in [0.1, 0.15) is 0 Å². The van der Waals surface area contributed by atoms with Gasteiger partial charge in [0.25, 0.3) is 0 Å². The van der Waals surface area contributed by atoms with Crippen LogP contribution in [0.1, 0.15) is 33.6 Å². The van der Waals surface area contributed by atoms with Crippen molar-refractivity contribution >= 4 is 5.97 Å². The van der Waals surface area contributed by atoms with Gasteiger partial charge in [0.2, 0.25) is 0 Å². The van der Waals surface area contributed by atoms with E-state index in [1.165, 1.54) is 7.11 Å². The zero-order chi connectivity index (χ0) is 11.5. The number of methoxy groups -OCH3 is 1. The molecule has 0 aromatic heterocycles. The van der Waals surface area contributed by atoms with Gasteiger partial charge in [-0.3, -0.25) is 4.79 Å². The largest absolute Gasteiger partial charge is 0.469 e. The first kappa shape index (κ1) is 12.5. The van der Waals surface area contributed by atoms with Crippen molar-refractivity contribution in [3.8, 4) is 0 Å². The fraction of sp³-hybridized carbons (Fsp3) is 0.909. The molecule has 0 aromatic carbocycles. The van der Waals surface area contributed by atoms with Crippen LogP contribution in [0.5, 0.6) is 0 Å². The van der Waals surface area contributed by atoms with E-state index in [2.05, 4.69) is 18.6 Å². The summed E-state index contributed by atoms with van der Waals surface area (Å²) in [6.07, 6.45) is 0.940. The lowest BCUT2D eigenvalue weighted by Gasteiger charge is -2.25. The van der Waals surface area contributed by atoms with Crippen LogP contribution in [-0.4, -0.2) is 31.6 Å². The minimum absolute atomic E-state index is 0.166. The number of esters is 1. The first-order valence-electron chi connectivity index (χ1n) is 5.34. The van der Waals surface area contributed by atoms with E-state index in [9.17, 15) is 4.79 Å². The second-order valence-electron chi connectivity index (χ2n) is 4.56. The van der Waals surface area contributed by atoms with Crippen molar-refractivity contribution in [3.63, 3.8) is 0 Å². The molecule has 0 saturated carbocycles. The van der Waals surface area contributed by atoms with Crippen molar-refractivity contribution in [2.45, 2.75) is 45.5 Å². The summed E-state index contributed by atoms with van der Waals surface area (Å²) in [5.74, 6) is -0.281. The van der Waals surface area contributed by atoms with Gasteiger partial charge in [-0.15, -0.1) is 0 Å². The molecule has 0 bridgehead atoms. The molecule has 1 fully saturated rings. The Bertz CT molecular complexity index is 227. The molecule has 2 unspecified atom stereocenters. The molecular formula is C11H20O4. The van der Waals surface area contributed by atoms with Crippen LogP contribution in [-0.2, 0) is 19.0 Å². The van der Waals surface area contributed by atoms with E-state index >= 15 is 0 Å². The molecule has 2 atom stereocenters.